The topological polar surface area (TPSA) is 49.4 Å². The summed E-state index contributed by atoms with van der Waals surface area (Å²) in [5, 5.41) is 0. The molecule has 6 heteroatoms. The predicted molar refractivity (Wildman–Crippen MR) is 62.2 cm³/mol. The molecule has 0 aromatic carbocycles. The first-order valence-electron chi connectivity index (χ1n) is 5.15. The number of hydrogen-bond donors (Lipinski definition) is 1. The average molecular weight is 255 g/mol. The molecule has 0 saturated heterocycles. The van der Waals surface area contributed by atoms with Crippen LogP contribution < -0.4 is 4.72 Å². The molecule has 0 atom stereocenters. The van der Waals surface area contributed by atoms with Crippen LogP contribution in [0.15, 0.2) is 0 Å². The molecule has 0 aromatic rings. The van der Waals surface area contributed by atoms with Crippen molar-refractivity contribution in [2.45, 2.75) is 25.7 Å². The number of halogens is 1. The van der Waals surface area contributed by atoms with Crippen molar-refractivity contribution in [3.8, 4) is 0 Å². The summed E-state index contributed by atoms with van der Waals surface area (Å²) in [4.78, 5) is 0. The van der Waals surface area contributed by atoms with Crippen LogP contribution in [-0.4, -0.2) is 39.2 Å². The van der Waals surface area contributed by atoms with E-state index in [2.05, 4.69) is 4.72 Å². The Labute approximate surface area is 97.2 Å². The highest BCUT2D eigenvalue weighted by molar-refractivity contribution is 7.87. The summed E-state index contributed by atoms with van der Waals surface area (Å²) in [6.45, 7) is 0.455. The van der Waals surface area contributed by atoms with E-state index >= 15 is 0 Å². The summed E-state index contributed by atoms with van der Waals surface area (Å²) in [7, 11) is -0.273. The van der Waals surface area contributed by atoms with Gasteiger partial charge in [0, 0.05) is 26.5 Å². The van der Waals surface area contributed by atoms with Crippen molar-refractivity contribution in [1.82, 2.24) is 9.03 Å². The second-order valence-corrected chi connectivity index (χ2v) is 6.69. The molecule has 1 saturated carbocycles. The van der Waals surface area contributed by atoms with Crippen molar-refractivity contribution >= 4 is 21.8 Å². The molecule has 1 N–H and O–H groups in total. The van der Waals surface area contributed by atoms with Crippen molar-refractivity contribution in [3.63, 3.8) is 0 Å². The molecule has 1 aliphatic carbocycles. The zero-order valence-electron chi connectivity index (χ0n) is 9.29. The van der Waals surface area contributed by atoms with E-state index in [1.165, 1.54) is 18.4 Å². The molecule has 1 rings (SSSR count). The largest absolute Gasteiger partial charge is 0.278 e. The summed E-state index contributed by atoms with van der Waals surface area (Å²) < 4.78 is 26.8. The Morgan fingerprint density at radius 1 is 1.33 bits per heavy atom. The standard InChI is InChI=1S/C9H19ClN2O2S/c1-12(2)15(13,14)11-8-9(7-10)5-3-4-6-9/h11H,3-8H2,1-2H3. The van der Waals surface area contributed by atoms with Gasteiger partial charge in [0.15, 0.2) is 0 Å². The highest BCUT2D eigenvalue weighted by Gasteiger charge is 2.34. The molecule has 1 fully saturated rings. The van der Waals surface area contributed by atoms with E-state index in [9.17, 15) is 8.42 Å². The maximum atomic E-state index is 11.5. The fourth-order valence-electron chi connectivity index (χ4n) is 1.86. The van der Waals surface area contributed by atoms with Crippen molar-refractivity contribution in [3.05, 3.63) is 0 Å². The zero-order chi connectivity index (χ0) is 11.5. The summed E-state index contributed by atoms with van der Waals surface area (Å²) in [5.74, 6) is 0.531. The smallest absolute Gasteiger partial charge is 0.202 e. The maximum Gasteiger partial charge on any atom is 0.278 e. The van der Waals surface area contributed by atoms with Crippen LogP contribution in [0.5, 0.6) is 0 Å². The second-order valence-electron chi connectivity index (χ2n) is 4.45. The lowest BCUT2D eigenvalue weighted by Gasteiger charge is -2.27. The number of nitrogens with one attached hydrogen (secondary N) is 1. The van der Waals surface area contributed by atoms with Gasteiger partial charge in [-0.15, -0.1) is 11.6 Å². The second kappa shape index (κ2) is 4.99. The zero-order valence-corrected chi connectivity index (χ0v) is 10.9. The van der Waals surface area contributed by atoms with Gasteiger partial charge in [-0.3, -0.25) is 0 Å². The van der Waals surface area contributed by atoms with Crippen molar-refractivity contribution in [2.24, 2.45) is 5.41 Å². The summed E-state index contributed by atoms with van der Waals surface area (Å²) in [6, 6.07) is 0. The van der Waals surface area contributed by atoms with Gasteiger partial charge >= 0.3 is 0 Å². The van der Waals surface area contributed by atoms with Crippen molar-refractivity contribution in [1.29, 1.82) is 0 Å². The molecule has 0 spiro atoms. The van der Waals surface area contributed by atoms with Crippen LogP contribution in [0.2, 0.25) is 0 Å². The molecule has 4 nitrogen and oxygen atoms in total. The summed E-state index contributed by atoms with van der Waals surface area (Å²) >= 11 is 5.92. The lowest BCUT2D eigenvalue weighted by atomic mass is 9.89. The van der Waals surface area contributed by atoms with Crippen LogP contribution >= 0.6 is 11.6 Å². The number of alkyl halides is 1. The van der Waals surface area contributed by atoms with Crippen LogP contribution in [0, 0.1) is 5.41 Å². The third-order valence-corrected chi connectivity index (χ3v) is 5.10. The normalized spacial score (nSPS) is 21.1. The first kappa shape index (κ1) is 13.2. The molecule has 0 amide bonds. The number of rotatable bonds is 5. The molecule has 0 aromatic heterocycles. The van der Waals surface area contributed by atoms with E-state index in [-0.39, 0.29) is 5.41 Å². The third-order valence-electron chi connectivity index (χ3n) is 3.06. The molecule has 0 radical (unpaired) electrons. The van der Waals surface area contributed by atoms with Gasteiger partial charge in [0.2, 0.25) is 0 Å². The van der Waals surface area contributed by atoms with Gasteiger partial charge in [-0.1, -0.05) is 12.8 Å². The number of hydrogen-bond acceptors (Lipinski definition) is 2. The van der Waals surface area contributed by atoms with Gasteiger partial charge < -0.3 is 0 Å². The summed E-state index contributed by atoms with van der Waals surface area (Å²) in [5.41, 5.74) is -0.0232. The van der Waals surface area contributed by atoms with E-state index < -0.39 is 10.2 Å². The SMILES string of the molecule is CN(C)S(=O)(=O)NCC1(CCl)CCCC1. The Bertz CT molecular complexity index is 297. The van der Waals surface area contributed by atoms with Crippen LogP contribution in [0.3, 0.4) is 0 Å². The van der Waals surface area contributed by atoms with E-state index in [1.807, 2.05) is 0 Å². The fourth-order valence-corrected chi connectivity index (χ4v) is 2.96. The minimum absolute atomic E-state index is 0.0232. The average Bonchev–Trinajstić information content (AvgIpc) is 2.64. The van der Waals surface area contributed by atoms with E-state index in [1.54, 1.807) is 0 Å². The molecule has 1 aliphatic rings. The van der Waals surface area contributed by atoms with Crippen LogP contribution in [0.1, 0.15) is 25.7 Å². The lowest BCUT2D eigenvalue weighted by molar-refractivity contribution is 0.338. The molecular weight excluding hydrogens is 236 g/mol. The first-order chi connectivity index (χ1) is 6.92. The van der Waals surface area contributed by atoms with Gasteiger partial charge in [-0.05, 0) is 18.3 Å². The van der Waals surface area contributed by atoms with Gasteiger partial charge in [0.1, 0.15) is 0 Å². The van der Waals surface area contributed by atoms with Crippen molar-refractivity contribution < 1.29 is 8.42 Å². The first-order valence-corrected chi connectivity index (χ1v) is 7.12. The molecular formula is C9H19ClN2O2S. The Kier molecular flexibility index (Phi) is 4.40. The predicted octanol–water partition coefficient (Wildman–Crippen LogP) is 1.18. The molecule has 15 heavy (non-hydrogen) atoms. The fraction of sp³-hybridized carbons (Fsp3) is 1.00. The highest BCUT2D eigenvalue weighted by Crippen LogP contribution is 2.38. The van der Waals surface area contributed by atoms with Crippen LogP contribution in [-0.2, 0) is 10.2 Å². The maximum absolute atomic E-state index is 11.5. The molecule has 90 valence electrons. The third kappa shape index (κ3) is 3.31. The Morgan fingerprint density at radius 2 is 1.87 bits per heavy atom. The monoisotopic (exact) mass is 254 g/mol. The van der Waals surface area contributed by atoms with Gasteiger partial charge in [-0.25, -0.2) is 4.72 Å². The van der Waals surface area contributed by atoms with Gasteiger partial charge in [-0.2, -0.15) is 12.7 Å². The molecule has 0 aliphatic heterocycles. The quantitative estimate of drug-likeness (QED) is 0.749. The Morgan fingerprint density at radius 3 is 2.27 bits per heavy atom. The number of nitrogens with zero attached hydrogens (tertiary/aromatic N) is 1. The van der Waals surface area contributed by atoms with Gasteiger partial charge in [0.05, 0.1) is 0 Å². The Hall–Kier alpha value is 0.160. The van der Waals surface area contributed by atoms with Crippen LogP contribution in [0.25, 0.3) is 0 Å². The van der Waals surface area contributed by atoms with E-state index in [0.29, 0.717) is 12.4 Å². The molecule has 0 bridgehead atoms. The van der Waals surface area contributed by atoms with Crippen molar-refractivity contribution in [2.75, 3.05) is 26.5 Å². The summed E-state index contributed by atoms with van der Waals surface area (Å²) in [6.07, 6.45) is 4.34. The van der Waals surface area contributed by atoms with E-state index in [4.69, 9.17) is 11.6 Å². The molecule has 0 unspecified atom stereocenters. The van der Waals surface area contributed by atoms with E-state index in [0.717, 1.165) is 25.7 Å². The Balaban J connectivity index is 2.55. The highest BCUT2D eigenvalue weighted by atomic mass is 35.5. The van der Waals surface area contributed by atoms with Crippen LogP contribution in [0.4, 0.5) is 0 Å². The molecule has 0 heterocycles. The van der Waals surface area contributed by atoms with Gasteiger partial charge in [0.25, 0.3) is 10.2 Å². The lowest BCUT2D eigenvalue weighted by Crippen LogP contribution is -2.42. The minimum atomic E-state index is -3.31. The minimum Gasteiger partial charge on any atom is -0.202 e.